The summed E-state index contributed by atoms with van der Waals surface area (Å²) in [6, 6.07) is 8.14. The summed E-state index contributed by atoms with van der Waals surface area (Å²) >= 11 is 0. The maximum Gasteiger partial charge on any atom is 0.251 e. The Morgan fingerprint density at radius 1 is 0.966 bits per heavy atom. The minimum atomic E-state index is -0.0857. The fourth-order valence-electron chi connectivity index (χ4n) is 3.09. The summed E-state index contributed by atoms with van der Waals surface area (Å²) in [5.41, 5.74) is 13.1. The molecule has 1 aliphatic heterocycles. The first-order valence-corrected chi connectivity index (χ1v) is 10.5. The molecule has 1 saturated heterocycles. The molecule has 1 amide bonds. The highest BCUT2D eigenvalue weighted by atomic mass is 16.5. The van der Waals surface area contributed by atoms with Crippen molar-refractivity contribution in [1.29, 1.82) is 0 Å². The van der Waals surface area contributed by atoms with Crippen LogP contribution in [-0.2, 0) is 20.8 Å². The Morgan fingerprint density at radius 3 is 2.17 bits per heavy atom. The normalized spacial score (nSPS) is 15.5. The molecule has 8 nitrogen and oxygen atoms in total. The molecule has 0 radical (unpaired) electrons. The minimum absolute atomic E-state index is 0.0857. The molecule has 0 aliphatic carbocycles. The zero-order valence-electron chi connectivity index (χ0n) is 17.3. The number of likely N-dealkylation sites (tertiary alicyclic amines) is 1. The van der Waals surface area contributed by atoms with Crippen molar-refractivity contribution in [2.24, 2.45) is 11.5 Å². The van der Waals surface area contributed by atoms with Crippen LogP contribution in [0.2, 0.25) is 0 Å². The van der Waals surface area contributed by atoms with E-state index >= 15 is 0 Å². The van der Waals surface area contributed by atoms with Crippen LogP contribution >= 0.6 is 0 Å². The molecule has 1 aromatic carbocycles. The first-order chi connectivity index (χ1) is 14.2. The van der Waals surface area contributed by atoms with Gasteiger partial charge in [0.25, 0.3) is 5.91 Å². The highest BCUT2D eigenvalue weighted by Gasteiger charge is 2.16. The van der Waals surface area contributed by atoms with E-state index in [-0.39, 0.29) is 5.91 Å². The molecular weight excluding hydrogens is 372 g/mol. The van der Waals surface area contributed by atoms with Crippen molar-refractivity contribution in [1.82, 2.24) is 10.2 Å². The van der Waals surface area contributed by atoms with Crippen molar-refractivity contribution in [2.45, 2.75) is 25.4 Å². The topological polar surface area (TPSA) is 112 Å². The number of hydrogen-bond donors (Lipinski definition) is 3. The van der Waals surface area contributed by atoms with Crippen molar-refractivity contribution in [3.8, 4) is 0 Å². The lowest BCUT2D eigenvalue weighted by Gasteiger charge is -2.30. The van der Waals surface area contributed by atoms with Gasteiger partial charge in [-0.3, -0.25) is 9.69 Å². The van der Waals surface area contributed by atoms with E-state index in [1.54, 1.807) is 0 Å². The van der Waals surface area contributed by atoms with E-state index in [1.807, 2.05) is 24.3 Å². The van der Waals surface area contributed by atoms with E-state index in [9.17, 15) is 4.79 Å². The van der Waals surface area contributed by atoms with Gasteiger partial charge < -0.3 is 31.0 Å². The molecule has 5 N–H and O–H groups in total. The van der Waals surface area contributed by atoms with Crippen LogP contribution in [0, 0.1) is 0 Å². The molecule has 2 rings (SSSR count). The first-order valence-electron chi connectivity index (χ1n) is 10.5. The molecule has 0 bridgehead atoms. The van der Waals surface area contributed by atoms with E-state index in [0.717, 1.165) is 32.5 Å². The van der Waals surface area contributed by atoms with Crippen LogP contribution in [0.1, 0.15) is 28.8 Å². The van der Waals surface area contributed by atoms with E-state index < -0.39 is 0 Å². The van der Waals surface area contributed by atoms with Crippen molar-refractivity contribution < 1.29 is 19.0 Å². The molecule has 1 aliphatic rings. The van der Waals surface area contributed by atoms with E-state index in [4.69, 9.17) is 25.7 Å². The average molecular weight is 409 g/mol. The molecule has 1 fully saturated rings. The SMILES string of the molecule is NCCOCCOCCOCCNC(=O)c1ccc(CN2CCC(N)CC2)cc1. The Morgan fingerprint density at radius 2 is 1.55 bits per heavy atom. The molecule has 1 aromatic rings. The van der Waals surface area contributed by atoms with E-state index in [0.29, 0.717) is 64.3 Å². The summed E-state index contributed by atoms with van der Waals surface area (Å²) in [6.07, 6.45) is 2.11. The van der Waals surface area contributed by atoms with E-state index in [1.165, 1.54) is 5.56 Å². The van der Waals surface area contributed by atoms with Crippen LogP contribution in [0.25, 0.3) is 0 Å². The monoisotopic (exact) mass is 408 g/mol. The number of nitrogens with one attached hydrogen (secondary N) is 1. The number of carbonyl (C=O) groups is 1. The molecule has 1 heterocycles. The van der Waals surface area contributed by atoms with Gasteiger partial charge >= 0.3 is 0 Å². The number of carbonyl (C=O) groups excluding carboxylic acids is 1. The number of amides is 1. The molecule has 29 heavy (non-hydrogen) atoms. The highest BCUT2D eigenvalue weighted by Crippen LogP contribution is 2.13. The van der Waals surface area contributed by atoms with E-state index in [2.05, 4.69) is 10.2 Å². The zero-order valence-corrected chi connectivity index (χ0v) is 17.3. The lowest BCUT2D eigenvalue weighted by atomic mass is 10.0. The van der Waals surface area contributed by atoms with Gasteiger partial charge in [-0.2, -0.15) is 0 Å². The fraction of sp³-hybridized carbons (Fsp3) is 0.667. The molecule has 164 valence electrons. The lowest BCUT2D eigenvalue weighted by molar-refractivity contribution is 0.0166. The van der Waals surface area contributed by atoms with Crippen molar-refractivity contribution >= 4 is 5.91 Å². The predicted octanol–water partition coefficient (Wildman–Crippen LogP) is 0.348. The maximum atomic E-state index is 12.2. The van der Waals surface area contributed by atoms with Gasteiger partial charge in [0, 0.05) is 31.2 Å². The molecule has 0 saturated carbocycles. The Bertz CT molecular complexity index is 562. The number of rotatable bonds is 14. The summed E-state index contributed by atoms with van der Waals surface area (Å²) in [4.78, 5) is 14.6. The van der Waals surface area contributed by atoms with Gasteiger partial charge in [0.2, 0.25) is 0 Å². The molecule has 0 atom stereocenters. The first kappa shape index (κ1) is 23.7. The van der Waals surface area contributed by atoms with Crippen LogP contribution in [0.3, 0.4) is 0 Å². The van der Waals surface area contributed by atoms with Crippen molar-refractivity contribution in [3.63, 3.8) is 0 Å². The third kappa shape index (κ3) is 10.2. The third-order valence-corrected chi connectivity index (χ3v) is 4.79. The Balaban J connectivity index is 1.52. The average Bonchev–Trinajstić information content (AvgIpc) is 2.74. The van der Waals surface area contributed by atoms with Gasteiger partial charge in [-0.1, -0.05) is 12.1 Å². The van der Waals surface area contributed by atoms with Gasteiger partial charge in [-0.25, -0.2) is 0 Å². The van der Waals surface area contributed by atoms with Crippen molar-refractivity contribution in [2.75, 3.05) is 65.8 Å². The fourth-order valence-corrected chi connectivity index (χ4v) is 3.09. The maximum absolute atomic E-state index is 12.2. The molecule has 8 heteroatoms. The molecule has 0 unspecified atom stereocenters. The van der Waals surface area contributed by atoms with Gasteiger partial charge in [-0.05, 0) is 43.6 Å². The largest absolute Gasteiger partial charge is 0.378 e. The lowest BCUT2D eigenvalue weighted by Crippen LogP contribution is -2.39. The molecule has 0 spiro atoms. The number of nitrogens with zero attached hydrogens (tertiary/aromatic N) is 1. The summed E-state index contributed by atoms with van der Waals surface area (Å²) in [5.74, 6) is -0.0857. The second kappa shape index (κ2) is 14.4. The Kier molecular flexibility index (Phi) is 11.8. The molecular formula is C21H36N4O4. The standard InChI is InChI=1S/C21H36N4O4/c22-7-11-27-13-15-29-16-14-28-12-8-24-21(26)19-3-1-18(2-4-19)17-25-9-5-20(23)6-10-25/h1-4,20H,5-17,22-23H2,(H,24,26). The van der Waals surface area contributed by atoms with Crippen LogP contribution < -0.4 is 16.8 Å². The summed E-state index contributed by atoms with van der Waals surface area (Å²) < 4.78 is 16.0. The number of benzene rings is 1. The Labute approximate surface area is 173 Å². The summed E-state index contributed by atoms with van der Waals surface area (Å²) in [7, 11) is 0. The van der Waals surface area contributed by atoms with Gasteiger partial charge in [-0.15, -0.1) is 0 Å². The minimum Gasteiger partial charge on any atom is -0.378 e. The smallest absolute Gasteiger partial charge is 0.251 e. The summed E-state index contributed by atoms with van der Waals surface area (Å²) in [5, 5.41) is 2.87. The highest BCUT2D eigenvalue weighted by molar-refractivity contribution is 5.94. The third-order valence-electron chi connectivity index (χ3n) is 4.79. The quantitative estimate of drug-likeness (QED) is 0.381. The number of nitrogens with two attached hydrogens (primary N) is 2. The van der Waals surface area contributed by atoms with Crippen LogP contribution in [0.4, 0.5) is 0 Å². The number of ether oxygens (including phenoxy) is 3. The number of piperidine rings is 1. The second-order valence-corrected chi connectivity index (χ2v) is 7.19. The van der Waals surface area contributed by atoms with Crippen LogP contribution in [0.15, 0.2) is 24.3 Å². The summed E-state index contributed by atoms with van der Waals surface area (Å²) in [6.45, 7) is 7.04. The van der Waals surface area contributed by atoms with Gasteiger partial charge in [0.15, 0.2) is 0 Å². The molecule has 0 aromatic heterocycles. The number of hydrogen-bond acceptors (Lipinski definition) is 7. The zero-order chi connectivity index (χ0) is 20.7. The Hall–Kier alpha value is -1.55. The predicted molar refractivity (Wildman–Crippen MR) is 113 cm³/mol. The second-order valence-electron chi connectivity index (χ2n) is 7.19. The van der Waals surface area contributed by atoms with Crippen LogP contribution in [-0.4, -0.2) is 82.7 Å². The van der Waals surface area contributed by atoms with Crippen molar-refractivity contribution in [3.05, 3.63) is 35.4 Å². The van der Waals surface area contributed by atoms with Gasteiger partial charge in [0.05, 0.1) is 39.6 Å². The van der Waals surface area contributed by atoms with Crippen LogP contribution in [0.5, 0.6) is 0 Å². The van der Waals surface area contributed by atoms with Gasteiger partial charge in [0.1, 0.15) is 0 Å².